The molecular weight excluding hydrogens is 144 g/mol. The van der Waals surface area contributed by atoms with Crippen molar-refractivity contribution >= 4 is 0 Å². The zero-order valence-corrected chi connectivity index (χ0v) is 7.59. The third kappa shape index (κ3) is 4.35. The largest absolute Gasteiger partial charge is 0.385 e. The van der Waals surface area contributed by atoms with Crippen LogP contribution in [0, 0.1) is 0 Å². The predicted molar refractivity (Wildman–Crippen MR) is 43.6 cm³/mol. The third-order valence-corrected chi connectivity index (χ3v) is 1.54. The zero-order valence-electron chi connectivity index (χ0n) is 7.59. The summed E-state index contributed by atoms with van der Waals surface area (Å²) in [7, 11) is 3.16. The lowest BCUT2D eigenvalue weighted by Crippen LogP contribution is -2.38. The van der Waals surface area contributed by atoms with Gasteiger partial charge in [-0.3, -0.25) is 0 Å². The van der Waals surface area contributed by atoms with E-state index in [1.54, 1.807) is 14.2 Å². The fourth-order valence-corrected chi connectivity index (χ4v) is 1.19. The molecule has 0 aromatic rings. The molecule has 0 amide bonds. The van der Waals surface area contributed by atoms with E-state index >= 15 is 0 Å². The summed E-state index contributed by atoms with van der Waals surface area (Å²) in [4.78, 5) is 0. The van der Waals surface area contributed by atoms with Gasteiger partial charge in [-0.05, 0) is 6.42 Å². The van der Waals surface area contributed by atoms with E-state index in [0.29, 0.717) is 19.6 Å². The maximum Gasteiger partial charge on any atom is 0.111 e. The number of aliphatic hydroxyl groups is 1. The molecule has 11 heavy (non-hydrogen) atoms. The maximum atomic E-state index is 9.76. The van der Waals surface area contributed by atoms with E-state index < -0.39 is 5.60 Å². The molecule has 0 radical (unpaired) electrons. The van der Waals surface area contributed by atoms with Gasteiger partial charge in [0, 0.05) is 14.2 Å². The molecule has 0 fully saturated rings. The van der Waals surface area contributed by atoms with Gasteiger partial charge < -0.3 is 14.6 Å². The van der Waals surface area contributed by atoms with E-state index in [2.05, 4.69) is 0 Å². The van der Waals surface area contributed by atoms with Crippen LogP contribution >= 0.6 is 0 Å². The molecule has 0 unspecified atom stereocenters. The van der Waals surface area contributed by atoms with Crippen molar-refractivity contribution in [2.24, 2.45) is 0 Å². The minimum Gasteiger partial charge on any atom is -0.385 e. The summed E-state index contributed by atoms with van der Waals surface area (Å²) in [5.74, 6) is 0. The van der Waals surface area contributed by atoms with Gasteiger partial charge in [-0.25, -0.2) is 0 Å². The molecule has 0 atom stereocenters. The lowest BCUT2D eigenvalue weighted by Gasteiger charge is -2.25. The van der Waals surface area contributed by atoms with Gasteiger partial charge >= 0.3 is 0 Å². The molecule has 0 heterocycles. The molecule has 0 aliphatic carbocycles. The van der Waals surface area contributed by atoms with Gasteiger partial charge in [-0.2, -0.15) is 0 Å². The average Bonchev–Trinajstić information content (AvgIpc) is 1.88. The van der Waals surface area contributed by atoms with Gasteiger partial charge in [-0.15, -0.1) is 0 Å². The van der Waals surface area contributed by atoms with Crippen molar-refractivity contribution in [3.8, 4) is 0 Å². The highest BCUT2D eigenvalue weighted by Gasteiger charge is 2.25. The number of rotatable bonds is 6. The Labute approximate surface area is 68.3 Å². The molecule has 0 aliphatic heterocycles. The molecule has 68 valence electrons. The Morgan fingerprint density at radius 1 is 1.18 bits per heavy atom. The number of methoxy groups -OCH3 is 2. The lowest BCUT2D eigenvalue weighted by molar-refractivity contribution is -0.0821. The normalized spacial score (nSPS) is 12.0. The number of ether oxygens (including phenoxy) is 2. The molecule has 0 saturated heterocycles. The minimum absolute atomic E-state index is 0.342. The van der Waals surface area contributed by atoms with Gasteiger partial charge in [0.1, 0.15) is 5.60 Å². The van der Waals surface area contributed by atoms with E-state index in [4.69, 9.17) is 9.47 Å². The Hall–Kier alpha value is -0.120. The van der Waals surface area contributed by atoms with E-state index in [1.807, 2.05) is 6.92 Å². The van der Waals surface area contributed by atoms with Crippen LogP contribution in [0.15, 0.2) is 0 Å². The van der Waals surface area contributed by atoms with Crippen LogP contribution in [0.2, 0.25) is 0 Å². The molecule has 0 aromatic heterocycles. The molecule has 0 aliphatic rings. The predicted octanol–water partition coefficient (Wildman–Crippen LogP) is 0.810. The smallest absolute Gasteiger partial charge is 0.111 e. The lowest BCUT2D eigenvalue weighted by atomic mass is 10.0. The molecule has 3 nitrogen and oxygen atoms in total. The van der Waals surface area contributed by atoms with Crippen LogP contribution in [0.5, 0.6) is 0 Å². The molecule has 0 bridgehead atoms. The molecular formula is C8H18O3. The molecule has 0 rings (SSSR count). The van der Waals surface area contributed by atoms with Crippen LogP contribution in [-0.4, -0.2) is 38.1 Å². The van der Waals surface area contributed by atoms with Crippen molar-refractivity contribution in [2.75, 3.05) is 27.4 Å². The van der Waals surface area contributed by atoms with E-state index in [1.165, 1.54) is 0 Å². The number of hydrogen-bond acceptors (Lipinski definition) is 3. The first-order chi connectivity index (χ1) is 5.18. The van der Waals surface area contributed by atoms with E-state index in [-0.39, 0.29) is 0 Å². The van der Waals surface area contributed by atoms with Gasteiger partial charge in [0.05, 0.1) is 13.2 Å². The Morgan fingerprint density at radius 2 is 1.64 bits per heavy atom. The van der Waals surface area contributed by atoms with Crippen LogP contribution in [0.3, 0.4) is 0 Å². The molecule has 0 saturated carbocycles. The summed E-state index contributed by atoms with van der Waals surface area (Å²) < 4.78 is 9.76. The van der Waals surface area contributed by atoms with Crippen molar-refractivity contribution in [3.63, 3.8) is 0 Å². The Balaban J connectivity index is 3.79. The molecule has 0 spiro atoms. The second-order valence-corrected chi connectivity index (χ2v) is 2.84. The monoisotopic (exact) mass is 162 g/mol. The third-order valence-electron chi connectivity index (χ3n) is 1.54. The fraction of sp³-hybridized carbons (Fsp3) is 1.00. The molecule has 0 aromatic carbocycles. The van der Waals surface area contributed by atoms with Gasteiger partial charge in [0.15, 0.2) is 0 Å². The van der Waals surface area contributed by atoms with Crippen LogP contribution in [0.1, 0.15) is 19.8 Å². The van der Waals surface area contributed by atoms with Gasteiger partial charge in [-0.1, -0.05) is 13.3 Å². The second-order valence-electron chi connectivity index (χ2n) is 2.84. The Bertz CT molecular complexity index is 76.3. The summed E-state index contributed by atoms with van der Waals surface area (Å²) in [5.41, 5.74) is -0.793. The van der Waals surface area contributed by atoms with Crippen molar-refractivity contribution in [3.05, 3.63) is 0 Å². The standard InChI is InChI=1S/C8H18O3/c1-4-5-8(9,6-10-2)7-11-3/h9H,4-7H2,1-3H3. The van der Waals surface area contributed by atoms with Gasteiger partial charge in [0.25, 0.3) is 0 Å². The van der Waals surface area contributed by atoms with E-state index in [0.717, 1.165) is 6.42 Å². The number of hydrogen-bond donors (Lipinski definition) is 1. The first-order valence-corrected chi connectivity index (χ1v) is 3.89. The molecule has 3 heteroatoms. The Morgan fingerprint density at radius 3 is 1.91 bits per heavy atom. The van der Waals surface area contributed by atoms with Crippen LogP contribution in [-0.2, 0) is 9.47 Å². The second kappa shape index (κ2) is 5.52. The SMILES string of the molecule is CCCC(O)(COC)COC. The van der Waals surface area contributed by atoms with Crippen molar-refractivity contribution in [1.29, 1.82) is 0 Å². The van der Waals surface area contributed by atoms with Gasteiger partial charge in [0.2, 0.25) is 0 Å². The summed E-state index contributed by atoms with van der Waals surface area (Å²) >= 11 is 0. The summed E-state index contributed by atoms with van der Waals surface area (Å²) in [6.07, 6.45) is 1.65. The zero-order chi connectivity index (χ0) is 8.74. The fourth-order valence-electron chi connectivity index (χ4n) is 1.19. The van der Waals surface area contributed by atoms with Crippen LogP contribution in [0.4, 0.5) is 0 Å². The van der Waals surface area contributed by atoms with Crippen LogP contribution < -0.4 is 0 Å². The highest BCUT2D eigenvalue weighted by Crippen LogP contribution is 2.13. The summed E-state index contributed by atoms with van der Waals surface area (Å²) in [6.45, 7) is 2.71. The highest BCUT2D eigenvalue weighted by molar-refractivity contribution is 4.76. The maximum absolute atomic E-state index is 9.76. The van der Waals surface area contributed by atoms with Crippen LogP contribution in [0.25, 0.3) is 0 Å². The average molecular weight is 162 g/mol. The first kappa shape index (κ1) is 10.9. The summed E-state index contributed by atoms with van der Waals surface area (Å²) in [6, 6.07) is 0. The summed E-state index contributed by atoms with van der Waals surface area (Å²) in [5, 5.41) is 9.76. The van der Waals surface area contributed by atoms with Crippen molar-refractivity contribution < 1.29 is 14.6 Å². The molecule has 1 N–H and O–H groups in total. The highest BCUT2D eigenvalue weighted by atomic mass is 16.5. The van der Waals surface area contributed by atoms with E-state index in [9.17, 15) is 5.11 Å². The Kier molecular flexibility index (Phi) is 5.46. The minimum atomic E-state index is -0.793. The topological polar surface area (TPSA) is 38.7 Å². The van der Waals surface area contributed by atoms with Crippen molar-refractivity contribution in [2.45, 2.75) is 25.4 Å². The van der Waals surface area contributed by atoms with Crippen molar-refractivity contribution in [1.82, 2.24) is 0 Å². The first-order valence-electron chi connectivity index (χ1n) is 3.89. The quantitative estimate of drug-likeness (QED) is 0.628.